The summed E-state index contributed by atoms with van der Waals surface area (Å²) in [6.07, 6.45) is 7.79. The zero-order valence-corrected chi connectivity index (χ0v) is 17.9. The van der Waals surface area contributed by atoms with Gasteiger partial charge in [0.25, 0.3) is 0 Å². The average molecular weight is 420 g/mol. The third-order valence-electron chi connectivity index (χ3n) is 7.30. The molecule has 5 rings (SSSR count). The fraction of sp³-hybridized carbons (Fsp3) is 0.423. The molecule has 5 heteroatoms. The van der Waals surface area contributed by atoms with Crippen molar-refractivity contribution in [1.29, 1.82) is 0 Å². The van der Waals surface area contributed by atoms with Gasteiger partial charge >= 0.3 is 0 Å². The Kier molecular flexibility index (Phi) is 5.53. The van der Waals surface area contributed by atoms with Crippen molar-refractivity contribution in [2.45, 2.75) is 57.4 Å². The van der Waals surface area contributed by atoms with Gasteiger partial charge in [0.05, 0.1) is 10.9 Å². The fourth-order valence-electron chi connectivity index (χ4n) is 5.55. The van der Waals surface area contributed by atoms with Gasteiger partial charge in [-0.15, -0.1) is 0 Å². The highest BCUT2D eigenvalue weighted by atomic mass is 19.1. The number of amides is 1. The van der Waals surface area contributed by atoms with Crippen LogP contribution >= 0.6 is 0 Å². The molecule has 1 unspecified atom stereocenters. The summed E-state index contributed by atoms with van der Waals surface area (Å²) in [7, 11) is 0. The highest BCUT2D eigenvalue weighted by molar-refractivity contribution is 5.92. The first-order chi connectivity index (χ1) is 15.2. The Morgan fingerprint density at radius 3 is 2.74 bits per heavy atom. The number of halogens is 1. The van der Waals surface area contributed by atoms with Crippen LogP contribution in [0.4, 0.5) is 4.39 Å². The summed E-state index contributed by atoms with van der Waals surface area (Å²) in [4.78, 5) is 13.6. The third kappa shape index (κ3) is 3.87. The van der Waals surface area contributed by atoms with Gasteiger partial charge in [-0.3, -0.25) is 10.2 Å². The van der Waals surface area contributed by atoms with E-state index in [4.69, 9.17) is 0 Å². The van der Waals surface area contributed by atoms with E-state index in [0.717, 1.165) is 56.9 Å². The van der Waals surface area contributed by atoms with Gasteiger partial charge in [0.1, 0.15) is 0 Å². The van der Waals surface area contributed by atoms with Crippen LogP contribution in [0.25, 0.3) is 10.9 Å². The number of aromatic nitrogens is 1. The zero-order chi connectivity index (χ0) is 21.3. The first kappa shape index (κ1) is 20.3. The van der Waals surface area contributed by atoms with E-state index in [-0.39, 0.29) is 11.9 Å². The van der Waals surface area contributed by atoms with Crippen molar-refractivity contribution in [3.63, 3.8) is 0 Å². The molecule has 1 fully saturated rings. The number of carbonyl (C=O) groups is 1. The van der Waals surface area contributed by atoms with E-state index in [1.165, 1.54) is 28.3 Å². The monoisotopic (exact) mass is 419 g/mol. The number of nitrogens with one attached hydrogen (secondary N) is 2. The van der Waals surface area contributed by atoms with Crippen LogP contribution in [0.1, 0.15) is 62.1 Å². The molecule has 0 spiro atoms. The van der Waals surface area contributed by atoms with E-state index in [2.05, 4.69) is 35.0 Å². The quantitative estimate of drug-likeness (QED) is 0.576. The van der Waals surface area contributed by atoms with Crippen molar-refractivity contribution in [2.24, 2.45) is 5.41 Å². The molecule has 31 heavy (non-hydrogen) atoms. The summed E-state index contributed by atoms with van der Waals surface area (Å²) in [5.74, 6) is -0.472. The van der Waals surface area contributed by atoms with E-state index in [9.17, 15) is 9.18 Å². The minimum Gasteiger partial charge on any atom is -0.310 e. The van der Waals surface area contributed by atoms with Gasteiger partial charge in [-0.25, -0.2) is 4.68 Å². The Balaban J connectivity index is 1.37. The van der Waals surface area contributed by atoms with Crippen molar-refractivity contribution in [1.82, 2.24) is 9.99 Å². The summed E-state index contributed by atoms with van der Waals surface area (Å²) in [6.45, 7) is 0.974. The van der Waals surface area contributed by atoms with Crippen molar-refractivity contribution in [3.8, 4) is 0 Å². The van der Waals surface area contributed by atoms with Crippen LogP contribution in [-0.2, 0) is 11.2 Å². The summed E-state index contributed by atoms with van der Waals surface area (Å²) in [6, 6.07) is 17.8. The maximum Gasteiger partial charge on any atom is 0.245 e. The smallest absolute Gasteiger partial charge is 0.245 e. The largest absolute Gasteiger partial charge is 0.310 e. The Morgan fingerprint density at radius 2 is 1.87 bits per heavy atom. The lowest BCUT2D eigenvalue weighted by Crippen LogP contribution is -2.42. The van der Waals surface area contributed by atoms with Gasteiger partial charge in [-0.05, 0) is 55.8 Å². The number of para-hydroxylation sites is 1. The molecule has 0 radical (unpaired) electrons. The van der Waals surface area contributed by atoms with Crippen LogP contribution in [0.3, 0.4) is 0 Å². The molecule has 1 atom stereocenters. The number of fused-ring (bicyclic) bond motifs is 2. The van der Waals surface area contributed by atoms with Crippen LogP contribution < -0.4 is 10.7 Å². The second-order valence-corrected chi connectivity index (χ2v) is 9.14. The zero-order valence-electron chi connectivity index (χ0n) is 17.9. The first-order valence-corrected chi connectivity index (χ1v) is 11.5. The Labute approximate surface area is 182 Å². The van der Waals surface area contributed by atoms with E-state index >= 15 is 0 Å². The molecule has 1 saturated carbocycles. The molecule has 2 aromatic carbocycles. The SMILES string of the molecule is O=C(Nn1c(F)cc2ccccc21)C1(CCC2NCCc3ccccc32)CCCCC1. The molecule has 0 bridgehead atoms. The number of nitrogens with zero attached hydrogens (tertiary/aromatic N) is 1. The molecule has 3 aromatic rings. The predicted octanol–water partition coefficient (Wildman–Crippen LogP) is 5.47. The van der Waals surface area contributed by atoms with Gasteiger partial charge in [0, 0.05) is 17.5 Å². The van der Waals surface area contributed by atoms with E-state index in [0.29, 0.717) is 5.52 Å². The Bertz CT molecular complexity index is 1080. The second-order valence-electron chi connectivity index (χ2n) is 9.14. The van der Waals surface area contributed by atoms with Gasteiger partial charge in [-0.2, -0.15) is 4.39 Å². The lowest BCUT2D eigenvalue weighted by Gasteiger charge is -2.38. The number of carbonyl (C=O) groups excluding carboxylic acids is 1. The van der Waals surface area contributed by atoms with E-state index in [1.54, 1.807) is 0 Å². The highest BCUT2D eigenvalue weighted by Crippen LogP contribution is 2.43. The van der Waals surface area contributed by atoms with Crippen molar-refractivity contribution < 1.29 is 9.18 Å². The molecule has 1 aliphatic carbocycles. The minimum atomic E-state index is -0.440. The van der Waals surface area contributed by atoms with Crippen LogP contribution in [0.2, 0.25) is 0 Å². The first-order valence-electron chi connectivity index (χ1n) is 11.5. The Morgan fingerprint density at radius 1 is 1.10 bits per heavy atom. The second kappa shape index (κ2) is 8.46. The number of rotatable bonds is 5. The molecular formula is C26H30FN3O. The summed E-state index contributed by atoms with van der Waals surface area (Å²) < 4.78 is 16.0. The summed E-state index contributed by atoms with van der Waals surface area (Å²) in [5.41, 5.74) is 5.96. The number of benzene rings is 2. The maximum absolute atomic E-state index is 14.6. The molecule has 1 aromatic heterocycles. The summed E-state index contributed by atoms with van der Waals surface area (Å²) >= 11 is 0. The van der Waals surface area contributed by atoms with Crippen molar-refractivity contribution >= 4 is 16.8 Å². The van der Waals surface area contributed by atoms with Gasteiger partial charge in [-0.1, -0.05) is 61.7 Å². The van der Waals surface area contributed by atoms with Crippen LogP contribution in [0.15, 0.2) is 54.6 Å². The molecule has 2 heterocycles. The molecule has 2 N–H and O–H groups in total. The normalized spacial score (nSPS) is 20.4. The van der Waals surface area contributed by atoms with Crippen LogP contribution in [-0.4, -0.2) is 17.1 Å². The average Bonchev–Trinajstić information content (AvgIpc) is 3.13. The predicted molar refractivity (Wildman–Crippen MR) is 122 cm³/mol. The topological polar surface area (TPSA) is 46.1 Å². The van der Waals surface area contributed by atoms with Gasteiger partial charge < -0.3 is 5.32 Å². The van der Waals surface area contributed by atoms with Crippen molar-refractivity contribution in [2.75, 3.05) is 12.0 Å². The van der Waals surface area contributed by atoms with Gasteiger partial charge in [0.15, 0.2) is 0 Å². The summed E-state index contributed by atoms with van der Waals surface area (Å²) in [5, 5.41) is 4.45. The van der Waals surface area contributed by atoms with Crippen molar-refractivity contribution in [3.05, 3.63) is 71.7 Å². The minimum absolute atomic E-state index is 0.0449. The fourth-order valence-corrected chi connectivity index (χ4v) is 5.55. The lowest BCUT2D eigenvalue weighted by molar-refractivity contribution is -0.129. The van der Waals surface area contributed by atoms with Crippen LogP contribution in [0.5, 0.6) is 0 Å². The molecule has 0 saturated heterocycles. The maximum atomic E-state index is 14.6. The molecule has 4 nitrogen and oxygen atoms in total. The molecular weight excluding hydrogens is 389 g/mol. The molecule has 2 aliphatic rings. The standard InChI is InChI=1S/C26H30FN3O/c27-24-18-20-9-3-5-11-23(20)30(24)29-25(31)26(14-6-1-7-15-26)16-12-22-21-10-4-2-8-19(21)13-17-28-22/h2-5,8-11,18,22,28H,1,6-7,12-17H2,(H,29,31). The molecule has 1 amide bonds. The number of hydrogen-bond acceptors (Lipinski definition) is 2. The lowest BCUT2D eigenvalue weighted by atomic mass is 9.69. The number of hydrogen-bond donors (Lipinski definition) is 2. The molecule has 1 aliphatic heterocycles. The van der Waals surface area contributed by atoms with E-state index < -0.39 is 11.4 Å². The Hall–Kier alpha value is -2.66. The third-order valence-corrected chi connectivity index (χ3v) is 7.30. The van der Waals surface area contributed by atoms with Crippen LogP contribution in [0, 0.1) is 11.4 Å². The molecule has 162 valence electrons. The van der Waals surface area contributed by atoms with E-state index in [1.807, 2.05) is 24.3 Å². The highest BCUT2D eigenvalue weighted by Gasteiger charge is 2.40. The van der Waals surface area contributed by atoms with Gasteiger partial charge in [0.2, 0.25) is 11.9 Å².